The van der Waals surface area contributed by atoms with E-state index in [-0.39, 0.29) is 11.9 Å². The molecule has 0 radical (unpaired) electrons. The van der Waals surface area contributed by atoms with Gasteiger partial charge in [-0.1, -0.05) is 18.2 Å². The molecule has 2 N–H and O–H groups in total. The van der Waals surface area contributed by atoms with Crippen molar-refractivity contribution in [2.24, 2.45) is 5.73 Å². The summed E-state index contributed by atoms with van der Waals surface area (Å²) >= 11 is 0. The number of rotatable bonds is 3. The molecule has 0 saturated carbocycles. The summed E-state index contributed by atoms with van der Waals surface area (Å²) in [7, 11) is 0. The van der Waals surface area contributed by atoms with E-state index >= 15 is 0 Å². The molecule has 0 aromatic heterocycles. The fraction of sp³-hybridized carbons (Fsp3) is 0.533. The normalized spacial score (nSPS) is 18.2. The molecule has 1 atom stereocenters. The van der Waals surface area contributed by atoms with Gasteiger partial charge in [-0.15, -0.1) is 0 Å². The fourth-order valence-electron chi connectivity index (χ4n) is 2.31. The van der Waals surface area contributed by atoms with E-state index in [9.17, 15) is 4.79 Å². The van der Waals surface area contributed by atoms with E-state index in [1.165, 1.54) is 0 Å². The summed E-state index contributed by atoms with van der Waals surface area (Å²) in [6.07, 6.45) is 1.31. The van der Waals surface area contributed by atoms with E-state index in [0.717, 1.165) is 37.2 Å². The van der Waals surface area contributed by atoms with Gasteiger partial charge >= 0.3 is 0 Å². The molecule has 1 fully saturated rings. The summed E-state index contributed by atoms with van der Waals surface area (Å²) in [5, 5.41) is 0. The number of nitrogens with two attached hydrogens (primary N) is 1. The molecule has 1 amide bonds. The molecule has 2 rings (SSSR count). The summed E-state index contributed by atoms with van der Waals surface area (Å²) in [6, 6.07) is 7.98. The first-order valence-electron chi connectivity index (χ1n) is 6.84. The number of piperidine rings is 1. The number of carbonyl (C=O) groups is 1. The molecule has 1 aromatic rings. The molecule has 1 heterocycles. The second kappa shape index (κ2) is 6.06. The highest BCUT2D eigenvalue weighted by Crippen LogP contribution is 2.19. The Hall–Kier alpha value is -1.55. The maximum Gasteiger partial charge on any atom is 0.263 e. The zero-order chi connectivity index (χ0) is 13.8. The van der Waals surface area contributed by atoms with E-state index in [0.29, 0.717) is 0 Å². The molecule has 1 aliphatic heterocycles. The van der Waals surface area contributed by atoms with E-state index in [1.54, 1.807) is 0 Å². The van der Waals surface area contributed by atoms with Crippen molar-refractivity contribution in [2.75, 3.05) is 13.1 Å². The van der Waals surface area contributed by atoms with Crippen LogP contribution in [0.4, 0.5) is 0 Å². The highest BCUT2D eigenvalue weighted by Gasteiger charge is 2.25. The Balaban J connectivity index is 1.94. The van der Waals surface area contributed by atoms with Crippen LogP contribution in [0.2, 0.25) is 0 Å². The van der Waals surface area contributed by atoms with Gasteiger partial charge in [0.25, 0.3) is 5.91 Å². The van der Waals surface area contributed by atoms with Gasteiger partial charge in [0, 0.05) is 19.1 Å². The van der Waals surface area contributed by atoms with Crippen LogP contribution in [0.3, 0.4) is 0 Å². The van der Waals surface area contributed by atoms with Crippen molar-refractivity contribution in [3.63, 3.8) is 0 Å². The zero-order valence-electron chi connectivity index (χ0n) is 11.6. The lowest BCUT2D eigenvalue weighted by molar-refractivity contribution is -0.139. The SMILES string of the molecule is Cc1ccccc1OC(C)C(=O)N1CCC(N)CC1. The number of aryl methyl sites for hydroxylation is 1. The topological polar surface area (TPSA) is 55.6 Å². The third kappa shape index (κ3) is 3.47. The molecule has 1 unspecified atom stereocenters. The molecule has 4 nitrogen and oxygen atoms in total. The molecule has 4 heteroatoms. The summed E-state index contributed by atoms with van der Waals surface area (Å²) in [5.41, 5.74) is 6.89. The van der Waals surface area contributed by atoms with Gasteiger partial charge in [0.15, 0.2) is 6.10 Å². The predicted molar refractivity (Wildman–Crippen MR) is 75.1 cm³/mol. The van der Waals surface area contributed by atoms with Crippen molar-refractivity contribution >= 4 is 5.91 Å². The number of nitrogens with zero attached hydrogens (tertiary/aromatic N) is 1. The minimum absolute atomic E-state index is 0.0511. The van der Waals surface area contributed by atoms with Gasteiger partial charge in [-0.25, -0.2) is 0 Å². The first-order valence-corrected chi connectivity index (χ1v) is 6.84. The monoisotopic (exact) mass is 262 g/mol. The molecule has 1 aromatic carbocycles. The highest BCUT2D eigenvalue weighted by molar-refractivity contribution is 5.81. The van der Waals surface area contributed by atoms with E-state index in [4.69, 9.17) is 10.5 Å². The van der Waals surface area contributed by atoms with E-state index < -0.39 is 6.10 Å². The number of hydrogen-bond donors (Lipinski definition) is 1. The van der Waals surface area contributed by atoms with Gasteiger partial charge in [-0.05, 0) is 38.3 Å². The Bertz CT molecular complexity index is 440. The van der Waals surface area contributed by atoms with Crippen molar-refractivity contribution in [3.05, 3.63) is 29.8 Å². The third-order valence-corrected chi connectivity index (χ3v) is 3.60. The molecular formula is C15H22N2O2. The van der Waals surface area contributed by atoms with Gasteiger partial charge < -0.3 is 15.4 Å². The Morgan fingerprint density at radius 1 is 1.37 bits per heavy atom. The van der Waals surface area contributed by atoms with E-state index in [1.807, 2.05) is 43.0 Å². The molecule has 1 aliphatic rings. The Kier molecular flexibility index (Phi) is 4.43. The fourth-order valence-corrected chi connectivity index (χ4v) is 2.31. The first kappa shape index (κ1) is 13.9. The van der Waals surface area contributed by atoms with Crippen LogP contribution in [-0.2, 0) is 4.79 Å². The maximum atomic E-state index is 12.3. The second-order valence-electron chi connectivity index (χ2n) is 5.19. The number of carbonyl (C=O) groups excluding carboxylic acids is 1. The lowest BCUT2D eigenvalue weighted by Gasteiger charge is -2.32. The van der Waals surface area contributed by atoms with Crippen LogP contribution >= 0.6 is 0 Å². The highest BCUT2D eigenvalue weighted by atomic mass is 16.5. The molecule has 1 saturated heterocycles. The standard InChI is InChI=1S/C15H22N2O2/c1-11-5-3-4-6-14(11)19-12(2)15(18)17-9-7-13(16)8-10-17/h3-6,12-13H,7-10,16H2,1-2H3. The van der Waals surface area contributed by atoms with Crippen LogP contribution < -0.4 is 10.5 Å². The molecule has 0 aliphatic carbocycles. The summed E-state index contributed by atoms with van der Waals surface area (Å²) in [5.74, 6) is 0.826. The average Bonchev–Trinajstić information content (AvgIpc) is 2.41. The Morgan fingerprint density at radius 2 is 2.00 bits per heavy atom. The number of likely N-dealkylation sites (tertiary alicyclic amines) is 1. The lowest BCUT2D eigenvalue weighted by atomic mass is 10.1. The van der Waals surface area contributed by atoms with Crippen LogP contribution in [-0.4, -0.2) is 36.0 Å². The summed E-state index contributed by atoms with van der Waals surface area (Å²) in [4.78, 5) is 14.1. The van der Waals surface area contributed by atoms with Gasteiger partial charge in [0.1, 0.15) is 5.75 Å². The smallest absolute Gasteiger partial charge is 0.263 e. The van der Waals surface area contributed by atoms with Crippen molar-refractivity contribution in [1.29, 1.82) is 0 Å². The average molecular weight is 262 g/mol. The van der Waals surface area contributed by atoms with Gasteiger partial charge in [-0.2, -0.15) is 0 Å². The number of amides is 1. The second-order valence-corrected chi connectivity index (χ2v) is 5.19. The van der Waals surface area contributed by atoms with Crippen LogP contribution in [0.1, 0.15) is 25.3 Å². The largest absolute Gasteiger partial charge is 0.481 e. The summed E-state index contributed by atoms with van der Waals surface area (Å²) < 4.78 is 5.76. The number of benzene rings is 1. The molecule has 19 heavy (non-hydrogen) atoms. The Labute approximate surface area is 114 Å². The number of para-hydroxylation sites is 1. The van der Waals surface area contributed by atoms with E-state index in [2.05, 4.69) is 0 Å². The third-order valence-electron chi connectivity index (χ3n) is 3.60. The van der Waals surface area contributed by atoms with Crippen molar-refractivity contribution in [3.8, 4) is 5.75 Å². The molecular weight excluding hydrogens is 240 g/mol. The lowest BCUT2D eigenvalue weighted by Crippen LogP contribution is -2.47. The molecule has 104 valence electrons. The van der Waals surface area contributed by atoms with Crippen LogP contribution in [0.5, 0.6) is 5.75 Å². The predicted octanol–water partition coefficient (Wildman–Crippen LogP) is 1.71. The molecule has 0 bridgehead atoms. The number of ether oxygens (including phenoxy) is 1. The summed E-state index contributed by atoms with van der Waals surface area (Å²) in [6.45, 7) is 5.26. The minimum atomic E-state index is -0.449. The molecule has 0 spiro atoms. The zero-order valence-corrected chi connectivity index (χ0v) is 11.6. The van der Waals surface area contributed by atoms with Crippen molar-refractivity contribution in [1.82, 2.24) is 4.90 Å². The van der Waals surface area contributed by atoms with Gasteiger partial charge in [0.05, 0.1) is 0 Å². The number of hydrogen-bond acceptors (Lipinski definition) is 3. The Morgan fingerprint density at radius 3 is 2.63 bits per heavy atom. The van der Waals surface area contributed by atoms with Crippen LogP contribution in [0, 0.1) is 6.92 Å². The quantitative estimate of drug-likeness (QED) is 0.902. The van der Waals surface area contributed by atoms with Crippen LogP contribution in [0.15, 0.2) is 24.3 Å². The van der Waals surface area contributed by atoms with Crippen molar-refractivity contribution in [2.45, 2.75) is 38.8 Å². The minimum Gasteiger partial charge on any atom is -0.481 e. The first-order chi connectivity index (χ1) is 9.08. The van der Waals surface area contributed by atoms with Gasteiger partial charge in [0.2, 0.25) is 0 Å². The van der Waals surface area contributed by atoms with Crippen molar-refractivity contribution < 1.29 is 9.53 Å². The van der Waals surface area contributed by atoms with Gasteiger partial charge in [-0.3, -0.25) is 4.79 Å². The maximum absolute atomic E-state index is 12.3. The van der Waals surface area contributed by atoms with Crippen LogP contribution in [0.25, 0.3) is 0 Å².